The summed E-state index contributed by atoms with van der Waals surface area (Å²) in [6, 6.07) is 0. The molecule has 4 heteroatoms. The van der Waals surface area contributed by atoms with Crippen LogP contribution in [0.15, 0.2) is 0 Å². The third-order valence-electron chi connectivity index (χ3n) is 3.99. The average Bonchev–Trinajstić information content (AvgIpc) is 2.43. The summed E-state index contributed by atoms with van der Waals surface area (Å²) in [4.78, 5) is 10.3. The van der Waals surface area contributed by atoms with E-state index < -0.39 is 5.97 Å². The van der Waals surface area contributed by atoms with Crippen molar-refractivity contribution in [2.45, 2.75) is 110 Å². The zero-order valence-electron chi connectivity index (χ0n) is 14.4. The summed E-state index contributed by atoms with van der Waals surface area (Å²) in [6.07, 6.45) is 20.2. The molecular weight excluding hydrogens is 341 g/mol. The topological polar surface area (TPSA) is 37.3 Å². The van der Waals surface area contributed by atoms with E-state index in [0.29, 0.717) is 6.42 Å². The second kappa shape index (κ2) is 23.9. The normalized spacial score (nSPS) is 9.86. The Morgan fingerprint density at radius 2 is 0.909 bits per heavy atom. The van der Waals surface area contributed by atoms with Gasteiger partial charge in [-0.05, 0) is 6.42 Å². The standard InChI is InChI=1S/C18H36O2.Al.Zn.3H/c1-2-3-4-5-6-7-8-9-10-11-12-13-14-15-16-17-18(19)20;;;;;/h2-17H2,1H3,(H,19,20);;;;;. The maximum Gasteiger partial charge on any atom is 0.303 e. The molecule has 0 aliphatic carbocycles. The van der Waals surface area contributed by atoms with Crippen molar-refractivity contribution in [3.8, 4) is 0 Å². The first-order valence-corrected chi connectivity index (χ1v) is 8.99. The van der Waals surface area contributed by atoms with Gasteiger partial charge in [-0.15, -0.1) is 0 Å². The number of rotatable bonds is 16. The third-order valence-corrected chi connectivity index (χ3v) is 3.99. The summed E-state index contributed by atoms with van der Waals surface area (Å²) < 4.78 is 0. The van der Waals surface area contributed by atoms with Crippen LogP contribution in [-0.4, -0.2) is 28.4 Å². The number of hydrogen-bond acceptors (Lipinski definition) is 1. The molecule has 2 nitrogen and oxygen atoms in total. The van der Waals surface area contributed by atoms with Gasteiger partial charge in [0.05, 0.1) is 0 Å². The van der Waals surface area contributed by atoms with Crippen LogP contribution < -0.4 is 0 Å². The van der Waals surface area contributed by atoms with Crippen LogP contribution in [0.4, 0.5) is 0 Å². The van der Waals surface area contributed by atoms with Gasteiger partial charge in [-0.25, -0.2) is 0 Å². The van der Waals surface area contributed by atoms with Crippen molar-refractivity contribution in [3.05, 3.63) is 0 Å². The minimum Gasteiger partial charge on any atom is -0.481 e. The molecule has 1 N–H and O–H groups in total. The van der Waals surface area contributed by atoms with Crippen molar-refractivity contribution in [1.82, 2.24) is 0 Å². The Morgan fingerprint density at radius 3 is 1.18 bits per heavy atom. The van der Waals surface area contributed by atoms with Gasteiger partial charge in [0.25, 0.3) is 0 Å². The van der Waals surface area contributed by atoms with Crippen LogP contribution in [0, 0.1) is 0 Å². The molecule has 0 spiro atoms. The fourth-order valence-corrected chi connectivity index (χ4v) is 2.65. The van der Waals surface area contributed by atoms with Crippen LogP contribution in [0.25, 0.3) is 0 Å². The van der Waals surface area contributed by atoms with Gasteiger partial charge in [0.15, 0.2) is 17.4 Å². The number of carboxylic acids is 1. The molecule has 128 valence electrons. The van der Waals surface area contributed by atoms with Crippen LogP contribution in [0.5, 0.6) is 0 Å². The largest absolute Gasteiger partial charge is 0.481 e. The Balaban J connectivity index is -0.00000180. The summed E-state index contributed by atoms with van der Waals surface area (Å²) in [7, 11) is 0. The maximum atomic E-state index is 10.3. The Labute approximate surface area is 162 Å². The van der Waals surface area contributed by atoms with E-state index in [1.165, 1.54) is 83.5 Å². The van der Waals surface area contributed by atoms with Crippen LogP contribution in [0.2, 0.25) is 0 Å². The number of hydrogen-bond donors (Lipinski definition) is 1. The first-order valence-electron chi connectivity index (χ1n) is 8.99. The third kappa shape index (κ3) is 25.6. The molecular formula is C18H39AlO2Zn. The van der Waals surface area contributed by atoms with Gasteiger partial charge in [0.1, 0.15) is 0 Å². The summed E-state index contributed by atoms with van der Waals surface area (Å²) in [6.45, 7) is 2.27. The van der Waals surface area contributed by atoms with Crippen molar-refractivity contribution in [2.75, 3.05) is 0 Å². The first-order chi connectivity index (χ1) is 9.77. The summed E-state index contributed by atoms with van der Waals surface area (Å²) >= 11 is 0. The van der Waals surface area contributed by atoms with E-state index in [4.69, 9.17) is 5.11 Å². The van der Waals surface area contributed by atoms with Gasteiger partial charge in [-0.1, -0.05) is 96.8 Å². The van der Waals surface area contributed by atoms with Crippen molar-refractivity contribution in [3.63, 3.8) is 0 Å². The molecule has 0 amide bonds. The zero-order chi connectivity index (χ0) is 14.9. The second-order valence-corrected chi connectivity index (χ2v) is 6.09. The minimum atomic E-state index is -0.653. The number of aliphatic carboxylic acids is 1. The monoisotopic (exact) mass is 378 g/mol. The average molecular weight is 380 g/mol. The van der Waals surface area contributed by atoms with Crippen LogP contribution in [0.3, 0.4) is 0 Å². The van der Waals surface area contributed by atoms with Crippen molar-refractivity contribution >= 4 is 23.3 Å². The number of carboxylic acid groups (broad SMARTS) is 1. The Morgan fingerprint density at radius 1 is 0.636 bits per heavy atom. The van der Waals surface area contributed by atoms with Crippen molar-refractivity contribution in [1.29, 1.82) is 0 Å². The fourth-order valence-electron chi connectivity index (χ4n) is 2.65. The molecule has 0 aromatic rings. The summed E-state index contributed by atoms with van der Waals surface area (Å²) in [5, 5.41) is 8.52. The molecule has 0 aliphatic heterocycles. The summed E-state index contributed by atoms with van der Waals surface area (Å²) in [5.74, 6) is -0.653. The first kappa shape index (κ1) is 27.5. The molecule has 0 aromatic heterocycles. The van der Waals surface area contributed by atoms with Gasteiger partial charge in [-0.2, -0.15) is 0 Å². The number of unbranched alkanes of at least 4 members (excludes halogenated alkanes) is 14. The van der Waals surface area contributed by atoms with E-state index in [0.717, 1.165) is 12.8 Å². The van der Waals surface area contributed by atoms with Crippen LogP contribution in [-0.2, 0) is 24.3 Å². The summed E-state index contributed by atoms with van der Waals surface area (Å²) in [5.41, 5.74) is 0. The van der Waals surface area contributed by atoms with E-state index in [9.17, 15) is 4.79 Å². The SMILES string of the molecule is CCCCCCCCCCCCCCCCCC(=O)O.[AlH3].[Zn]. The van der Waals surface area contributed by atoms with Gasteiger partial charge in [0, 0.05) is 25.9 Å². The van der Waals surface area contributed by atoms with Crippen molar-refractivity contribution in [2.24, 2.45) is 0 Å². The van der Waals surface area contributed by atoms with E-state index in [2.05, 4.69) is 6.92 Å². The van der Waals surface area contributed by atoms with E-state index in [1.54, 1.807) is 0 Å². The van der Waals surface area contributed by atoms with Gasteiger partial charge in [-0.3, -0.25) is 4.79 Å². The fraction of sp³-hybridized carbons (Fsp3) is 0.944. The van der Waals surface area contributed by atoms with Crippen LogP contribution >= 0.6 is 0 Å². The van der Waals surface area contributed by atoms with E-state index >= 15 is 0 Å². The van der Waals surface area contributed by atoms with E-state index in [1.807, 2.05) is 0 Å². The predicted molar refractivity (Wildman–Crippen MR) is 97.1 cm³/mol. The zero-order valence-corrected chi connectivity index (χ0v) is 17.3. The quantitative estimate of drug-likeness (QED) is 0.297. The van der Waals surface area contributed by atoms with Gasteiger partial charge >= 0.3 is 5.97 Å². The second-order valence-electron chi connectivity index (χ2n) is 6.09. The van der Waals surface area contributed by atoms with Crippen molar-refractivity contribution < 1.29 is 29.4 Å². The smallest absolute Gasteiger partial charge is 0.303 e. The molecule has 0 aliphatic rings. The Hall–Kier alpha value is 0.626. The molecule has 22 heavy (non-hydrogen) atoms. The van der Waals surface area contributed by atoms with Gasteiger partial charge in [0.2, 0.25) is 0 Å². The molecule has 0 unspecified atom stereocenters. The molecule has 0 heterocycles. The van der Waals surface area contributed by atoms with Crippen LogP contribution in [0.1, 0.15) is 110 Å². The molecule has 0 saturated carbocycles. The van der Waals surface area contributed by atoms with Gasteiger partial charge < -0.3 is 5.11 Å². The predicted octanol–water partition coefficient (Wildman–Crippen LogP) is 5.15. The molecule has 0 atom stereocenters. The molecule has 0 saturated heterocycles. The maximum absolute atomic E-state index is 10.3. The molecule has 0 fully saturated rings. The Bertz CT molecular complexity index is 213. The molecule has 0 radical (unpaired) electrons. The minimum absolute atomic E-state index is 0. The molecule has 0 bridgehead atoms. The number of carbonyl (C=O) groups is 1. The Kier molecular flexibility index (Phi) is 29.8. The molecule has 0 aromatic carbocycles. The molecule has 0 rings (SSSR count). The van der Waals surface area contributed by atoms with E-state index in [-0.39, 0.29) is 36.8 Å².